The number of ketones is 1. The SMILES string of the molecule is CC1(C(=O)N2CCc3ccccc32)CC2CCC3C(=O)C(C1)C3C2. The van der Waals surface area contributed by atoms with Gasteiger partial charge in [0.05, 0.1) is 0 Å². The molecule has 3 aliphatic carbocycles. The van der Waals surface area contributed by atoms with Crippen molar-refractivity contribution < 1.29 is 9.59 Å². The number of carbonyl (C=O) groups is 2. The summed E-state index contributed by atoms with van der Waals surface area (Å²) in [6.45, 7) is 2.93. The molecule has 1 aliphatic heterocycles. The van der Waals surface area contributed by atoms with E-state index in [1.807, 2.05) is 11.0 Å². The zero-order valence-electron chi connectivity index (χ0n) is 14.3. The summed E-state index contributed by atoms with van der Waals surface area (Å²) in [5, 5.41) is 0. The first-order chi connectivity index (χ1) is 11.6. The molecule has 0 saturated heterocycles. The van der Waals surface area contributed by atoms with Crippen LogP contribution in [-0.4, -0.2) is 18.2 Å². The smallest absolute Gasteiger partial charge is 0.232 e. The number of nitrogens with zero attached hydrogens (tertiary/aromatic N) is 1. The number of carbonyl (C=O) groups excluding carboxylic acids is 2. The van der Waals surface area contributed by atoms with E-state index in [1.165, 1.54) is 12.0 Å². The number of fused-ring (bicyclic) bond motifs is 2. The molecule has 1 aromatic rings. The summed E-state index contributed by atoms with van der Waals surface area (Å²) < 4.78 is 0. The Bertz CT molecular complexity index is 726. The largest absolute Gasteiger partial charge is 0.311 e. The number of benzene rings is 1. The Morgan fingerprint density at radius 2 is 2.00 bits per heavy atom. The second-order valence-corrected chi connectivity index (χ2v) is 8.76. The molecule has 1 heterocycles. The van der Waals surface area contributed by atoms with E-state index in [0.29, 0.717) is 23.5 Å². The highest BCUT2D eigenvalue weighted by atomic mass is 16.2. The third kappa shape index (κ3) is 1.90. The van der Waals surface area contributed by atoms with Crippen molar-refractivity contribution in [1.82, 2.24) is 0 Å². The maximum absolute atomic E-state index is 13.5. The van der Waals surface area contributed by atoms with Crippen LogP contribution < -0.4 is 4.90 Å². The minimum Gasteiger partial charge on any atom is -0.311 e. The number of hydrogen-bond acceptors (Lipinski definition) is 2. The van der Waals surface area contributed by atoms with Crippen LogP contribution in [0, 0.1) is 29.1 Å². The molecule has 1 amide bonds. The maximum atomic E-state index is 13.5. The standard InChI is InChI=1S/C21H25NO2/c1-21(20(24)22-9-8-14-4-2-3-5-18(14)22)11-13-6-7-15-16(10-13)17(12-21)19(15)23/h2-5,13,15-17H,6-12H2,1H3. The number of hydrogen-bond donors (Lipinski definition) is 0. The Labute approximate surface area is 143 Å². The highest BCUT2D eigenvalue weighted by molar-refractivity contribution is 6.00. The molecule has 126 valence electrons. The van der Waals surface area contributed by atoms with E-state index in [2.05, 4.69) is 25.1 Å². The topological polar surface area (TPSA) is 37.4 Å². The molecule has 5 rings (SSSR count). The summed E-state index contributed by atoms with van der Waals surface area (Å²) in [4.78, 5) is 28.0. The number of anilines is 1. The molecule has 3 saturated carbocycles. The van der Waals surface area contributed by atoms with Gasteiger partial charge < -0.3 is 4.90 Å². The molecule has 5 unspecified atom stereocenters. The molecule has 3 heteroatoms. The summed E-state index contributed by atoms with van der Waals surface area (Å²) in [7, 11) is 0. The molecule has 3 nitrogen and oxygen atoms in total. The number of rotatable bonds is 1. The molecule has 2 bridgehead atoms. The van der Waals surface area contributed by atoms with Crippen molar-refractivity contribution in [1.29, 1.82) is 0 Å². The lowest BCUT2D eigenvalue weighted by Crippen LogP contribution is -2.51. The van der Waals surface area contributed by atoms with Crippen molar-refractivity contribution in [3.63, 3.8) is 0 Å². The lowest BCUT2D eigenvalue weighted by molar-refractivity contribution is -0.147. The first-order valence-electron chi connectivity index (χ1n) is 9.50. The van der Waals surface area contributed by atoms with E-state index in [1.54, 1.807) is 0 Å². The van der Waals surface area contributed by atoms with E-state index in [-0.39, 0.29) is 17.2 Å². The van der Waals surface area contributed by atoms with Gasteiger partial charge in [-0.15, -0.1) is 0 Å². The van der Waals surface area contributed by atoms with E-state index in [9.17, 15) is 9.59 Å². The quantitative estimate of drug-likeness (QED) is 0.792. The fourth-order valence-electron chi connectivity index (χ4n) is 6.15. The Morgan fingerprint density at radius 3 is 2.88 bits per heavy atom. The van der Waals surface area contributed by atoms with Crippen LogP contribution in [0.25, 0.3) is 0 Å². The third-order valence-corrected chi connectivity index (χ3v) is 7.31. The number of amides is 1. The Kier molecular flexibility index (Phi) is 3.02. The maximum Gasteiger partial charge on any atom is 0.232 e. The zero-order chi connectivity index (χ0) is 16.5. The van der Waals surface area contributed by atoms with Gasteiger partial charge in [0.2, 0.25) is 5.91 Å². The van der Waals surface area contributed by atoms with E-state index in [0.717, 1.165) is 44.3 Å². The van der Waals surface area contributed by atoms with Crippen molar-refractivity contribution in [3.8, 4) is 0 Å². The lowest BCUT2D eigenvalue weighted by atomic mass is 9.56. The van der Waals surface area contributed by atoms with Crippen LogP contribution in [-0.2, 0) is 16.0 Å². The molecule has 0 spiro atoms. The summed E-state index contributed by atoms with van der Waals surface area (Å²) in [6.07, 6.45) is 6.09. The fraction of sp³-hybridized carbons (Fsp3) is 0.619. The van der Waals surface area contributed by atoms with Gasteiger partial charge in [0.1, 0.15) is 5.78 Å². The van der Waals surface area contributed by atoms with Crippen molar-refractivity contribution >= 4 is 17.4 Å². The third-order valence-electron chi connectivity index (χ3n) is 7.31. The Morgan fingerprint density at radius 1 is 1.17 bits per heavy atom. The Hall–Kier alpha value is -1.64. The summed E-state index contributed by atoms with van der Waals surface area (Å²) in [5.41, 5.74) is 2.00. The highest BCUT2D eigenvalue weighted by Gasteiger charge is 2.58. The normalized spacial score (nSPS) is 39.9. The van der Waals surface area contributed by atoms with Gasteiger partial charge in [0.25, 0.3) is 0 Å². The summed E-state index contributed by atoms with van der Waals surface area (Å²) in [6, 6.07) is 8.28. The van der Waals surface area contributed by atoms with Crippen LogP contribution in [0.2, 0.25) is 0 Å². The molecule has 3 fully saturated rings. The average Bonchev–Trinajstić information content (AvgIpc) is 3.00. The zero-order valence-corrected chi connectivity index (χ0v) is 14.3. The second-order valence-electron chi connectivity index (χ2n) is 8.76. The fourth-order valence-corrected chi connectivity index (χ4v) is 6.15. The summed E-state index contributed by atoms with van der Waals surface area (Å²) >= 11 is 0. The second kappa shape index (κ2) is 4.93. The molecule has 0 aromatic heterocycles. The Balaban J connectivity index is 1.47. The van der Waals surface area contributed by atoms with Crippen LogP contribution in [0.3, 0.4) is 0 Å². The van der Waals surface area contributed by atoms with E-state index >= 15 is 0 Å². The first-order valence-corrected chi connectivity index (χ1v) is 9.50. The molecular formula is C21H25NO2. The van der Waals surface area contributed by atoms with Gasteiger partial charge in [0.15, 0.2) is 0 Å². The molecule has 4 aliphatic rings. The number of para-hydroxylation sites is 1. The van der Waals surface area contributed by atoms with Gasteiger partial charge in [-0.3, -0.25) is 9.59 Å². The van der Waals surface area contributed by atoms with Crippen LogP contribution >= 0.6 is 0 Å². The van der Waals surface area contributed by atoms with Crippen LogP contribution in [0.4, 0.5) is 5.69 Å². The molecule has 0 radical (unpaired) electrons. The molecular weight excluding hydrogens is 298 g/mol. The molecule has 5 atom stereocenters. The van der Waals surface area contributed by atoms with Crippen molar-refractivity contribution in [2.24, 2.45) is 29.1 Å². The predicted molar refractivity (Wildman–Crippen MR) is 92.7 cm³/mol. The van der Waals surface area contributed by atoms with Crippen molar-refractivity contribution in [2.45, 2.75) is 45.4 Å². The van der Waals surface area contributed by atoms with Crippen LogP contribution in [0.1, 0.15) is 44.6 Å². The monoisotopic (exact) mass is 323 g/mol. The van der Waals surface area contributed by atoms with E-state index < -0.39 is 0 Å². The molecule has 24 heavy (non-hydrogen) atoms. The van der Waals surface area contributed by atoms with Gasteiger partial charge >= 0.3 is 0 Å². The molecule has 0 N–H and O–H groups in total. The van der Waals surface area contributed by atoms with Crippen molar-refractivity contribution in [2.75, 3.05) is 11.4 Å². The van der Waals surface area contributed by atoms with Crippen LogP contribution in [0.5, 0.6) is 0 Å². The van der Waals surface area contributed by atoms with Gasteiger partial charge in [-0.05, 0) is 62.0 Å². The average molecular weight is 323 g/mol. The minimum atomic E-state index is -0.369. The van der Waals surface area contributed by atoms with Crippen LogP contribution in [0.15, 0.2) is 24.3 Å². The summed E-state index contributed by atoms with van der Waals surface area (Å²) in [5.74, 6) is 2.42. The first kappa shape index (κ1) is 14.7. The minimum absolute atomic E-state index is 0.159. The van der Waals surface area contributed by atoms with Gasteiger partial charge in [0, 0.05) is 29.5 Å². The van der Waals surface area contributed by atoms with Gasteiger partial charge in [-0.2, -0.15) is 0 Å². The molecule has 1 aromatic carbocycles. The van der Waals surface area contributed by atoms with Crippen molar-refractivity contribution in [3.05, 3.63) is 29.8 Å². The van der Waals surface area contributed by atoms with Gasteiger partial charge in [-0.1, -0.05) is 25.1 Å². The van der Waals surface area contributed by atoms with Gasteiger partial charge in [-0.25, -0.2) is 0 Å². The highest BCUT2D eigenvalue weighted by Crippen LogP contribution is 2.58. The lowest BCUT2D eigenvalue weighted by Gasteiger charge is -2.47. The van der Waals surface area contributed by atoms with E-state index in [4.69, 9.17) is 0 Å². The predicted octanol–water partition coefficient (Wildman–Crippen LogP) is 3.61. The number of Topliss-reactive ketones (excluding diaryl/α,β-unsaturated/α-hetero) is 1.